The molecular formula is C18H30. The maximum Gasteiger partial charge on any atom is -0.0142 e. The third-order valence-corrected chi connectivity index (χ3v) is 4.29. The summed E-state index contributed by atoms with van der Waals surface area (Å²) in [6.07, 6.45) is 14.3. The molecule has 0 aromatic heterocycles. The summed E-state index contributed by atoms with van der Waals surface area (Å²) in [5.74, 6) is 0. The fraction of sp³-hybridized carbons (Fsp3) is 0.667. The molecule has 0 aromatic carbocycles. The highest BCUT2D eigenvalue weighted by Crippen LogP contribution is 2.42. The molecule has 0 unspecified atom stereocenters. The van der Waals surface area contributed by atoms with E-state index in [2.05, 4.69) is 52.8 Å². The molecule has 0 spiro atoms. The molecular weight excluding hydrogens is 216 g/mol. The van der Waals surface area contributed by atoms with Gasteiger partial charge < -0.3 is 0 Å². The van der Waals surface area contributed by atoms with Crippen molar-refractivity contribution in [1.29, 1.82) is 0 Å². The molecule has 18 heavy (non-hydrogen) atoms. The zero-order valence-corrected chi connectivity index (χ0v) is 13.0. The van der Waals surface area contributed by atoms with Crippen molar-refractivity contribution in [2.45, 2.75) is 73.1 Å². The Morgan fingerprint density at radius 2 is 2.06 bits per heavy atom. The van der Waals surface area contributed by atoms with Crippen LogP contribution in [0.5, 0.6) is 0 Å². The van der Waals surface area contributed by atoms with Crippen LogP contribution >= 0.6 is 0 Å². The fourth-order valence-electron chi connectivity index (χ4n) is 3.06. The topological polar surface area (TPSA) is 0 Å². The van der Waals surface area contributed by atoms with E-state index in [1.54, 1.807) is 11.1 Å². The van der Waals surface area contributed by atoms with Gasteiger partial charge in [0.2, 0.25) is 0 Å². The molecule has 0 saturated heterocycles. The Morgan fingerprint density at radius 1 is 1.33 bits per heavy atom. The standard InChI is InChI=1S/C18H30/c1-6-7-8-10-15(2)12-13-17-16(3)11-9-14-18(17,4)5/h6-7,10H,8-9,11-14H2,1-5H3/b7-6-,15-10+. The summed E-state index contributed by atoms with van der Waals surface area (Å²) in [5.41, 5.74) is 5.36. The SMILES string of the molecule is C/C=C\C/C=C(\C)CCC1=C(C)CCCC1(C)C. The van der Waals surface area contributed by atoms with Crippen molar-refractivity contribution in [3.8, 4) is 0 Å². The van der Waals surface area contributed by atoms with Gasteiger partial charge in [-0.15, -0.1) is 0 Å². The van der Waals surface area contributed by atoms with E-state index in [1.807, 2.05) is 0 Å². The van der Waals surface area contributed by atoms with Gasteiger partial charge in [-0.1, -0.05) is 48.8 Å². The van der Waals surface area contributed by atoms with E-state index < -0.39 is 0 Å². The Morgan fingerprint density at radius 3 is 2.67 bits per heavy atom. The predicted molar refractivity (Wildman–Crippen MR) is 82.8 cm³/mol. The lowest BCUT2D eigenvalue weighted by Crippen LogP contribution is -2.20. The summed E-state index contributed by atoms with van der Waals surface area (Å²) < 4.78 is 0. The average Bonchev–Trinajstić information content (AvgIpc) is 2.28. The molecule has 0 atom stereocenters. The van der Waals surface area contributed by atoms with Gasteiger partial charge in [0, 0.05) is 0 Å². The van der Waals surface area contributed by atoms with E-state index in [1.165, 1.54) is 37.7 Å². The molecule has 1 aliphatic rings. The van der Waals surface area contributed by atoms with Crippen LogP contribution in [0.2, 0.25) is 0 Å². The van der Waals surface area contributed by atoms with Crippen LogP contribution in [0.4, 0.5) is 0 Å². The summed E-state index contributed by atoms with van der Waals surface area (Å²) in [5, 5.41) is 0. The van der Waals surface area contributed by atoms with Crippen LogP contribution in [0.1, 0.15) is 73.1 Å². The minimum atomic E-state index is 0.436. The van der Waals surface area contributed by atoms with Crippen LogP contribution in [0.3, 0.4) is 0 Å². The van der Waals surface area contributed by atoms with Gasteiger partial charge in [0.1, 0.15) is 0 Å². The van der Waals surface area contributed by atoms with Gasteiger partial charge in [-0.05, 0) is 64.7 Å². The first kappa shape index (κ1) is 15.3. The molecule has 0 aliphatic heterocycles. The molecule has 1 aliphatic carbocycles. The largest absolute Gasteiger partial charge is 0.0914 e. The lowest BCUT2D eigenvalue weighted by molar-refractivity contribution is 0.354. The van der Waals surface area contributed by atoms with Gasteiger partial charge in [-0.2, -0.15) is 0 Å². The second-order valence-electron chi connectivity index (χ2n) is 6.35. The second kappa shape index (κ2) is 6.97. The third-order valence-electron chi connectivity index (χ3n) is 4.29. The average molecular weight is 246 g/mol. The van der Waals surface area contributed by atoms with Gasteiger partial charge in [0.15, 0.2) is 0 Å². The van der Waals surface area contributed by atoms with E-state index in [0.29, 0.717) is 5.41 Å². The molecule has 0 radical (unpaired) electrons. The maximum atomic E-state index is 2.42. The van der Waals surface area contributed by atoms with Crippen LogP contribution in [0, 0.1) is 5.41 Å². The number of hydrogen-bond donors (Lipinski definition) is 0. The fourth-order valence-corrected chi connectivity index (χ4v) is 3.06. The van der Waals surface area contributed by atoms with Crippen molar-refractivity contribution in [1.82, 2.24) is 0 Å². The van der Waals surface area contributed by atoms with E-state index in [4.69, 9.17) is 0 Å². The Hall–Kier alpha value is -0.780. The molecule has 0 bridgehead atoms. The molecule has 0 heterocycles. The minimum Gasteiger partial charge on any atom is -0.0914 e. The van der Waals surface area contributed by atoms with E-state index in [-0.39, 0.29) is 0 Å². The van der Waals surface area contributed by atoms with Gasteiger partial charge in [-0.25, -0.2) is 0 Å². The number of allylic oxidation sites excluding steroid dienone is 6. The van der Waals surface area contributed by atoms with Crippen LogP contribution in [-0.2, 0) is 0 Å². The molecule has 1 rings (SSSR count). The summed E-state index contributed by atoms with van der Waals surface area (Å²) in [6, 6.07) is 0. The van der Waals surface area contributed by atoms with Crippen LogP contribution in [0.15, 0.2) is 34.9 Å². The quantitative estimate of drug-likeness (QED) is 0.506. The van der Waals surface area contributed by atoms with Crippen LogP contribution in [0.25, 0.3) is 0 Å². The van der Waals surface area contributed by atoms with Crippen molar-refractivity contribution in [2.75, 3.05) is 0 Å². The van der Waals surface area contributed by atoms with Crippen molar-refractivity contribution in [3.63, 3.8) is 0 Å². The highest BCUT2D eigenvalue weighted by Gasteiger charge is 2.27. The van der Waals surface area contributed by atoms with Crippen molar-refractivity contribution < 1.29 is 0 Å². The Bertz CT molecular complexity index is 350. The molecule has 0 nitrogen and oxygen atoms in total. The summed E-state index contributed by atoms with van der Waals surface area (Å²) in [7, 11) is 0. The first-order chi connectivity index (χ1) is 8.47. The Labute approximate surface area is 114 Å². The van der Waals surface area contributed by atoms with Crippen LogP contribution in [-0.4, -0.2) is 0 Å². The Balaban J connectivity index is 2.59. The molecule has 0 saturated carbocycles. The molecule has 0 amide bonds. The summed E-state index contributed by atoms with van der Waals surface area (Å²) in [6.45, 7) is 11.5. The molecule has 102 valence electrons. The highest BCUT2D eigenvalue weighted by molar-refractivity contribution is 5.23. The molecule has 0 heteroatoms. The second-order valence-corrected chi connectivity index (χ2v) is 6.35. The van der Waals surface area contributed by atoms with Crippen molar-refractivity contribution >= 4 is 0 Å². The van der Waals surface area contributed by atoms with E-state index >= 15 is 0 Å². The van der Waals surface area contributed by atoms with Gasteiger partial charge in [0.05, 0.1) is 0 Å². The predicted octanol–water partition coefficient (Wildman–Crippen LogP) is 6.21. The highest BCUT2D eigenvalue weighted by atomic mass is 14.3. The monoisotopic (exact) mass is 246 g/mol. The van der Waals surface area contributed by atoms with Crippen molar-refractivity contribution in [2.24, 2.45) is 5.41 Å². The summed E-state index contributed by atoms with van der Waals surface area (Å²) in [4.78, 5) is 0. The normalized spacial score (nSPS) is 20.8. The summed E-state index contributed by atoms with van der Waals surface area (Å²) >= 11 is 0. The minimum absolute atomic E-state index is 0.436. The first-order valence-corrected chi connectivity index (χ1v) is 7.43. The molecule has 0 N–H and O–H groups in total. The van der Waals surface area contributed by atoms with Crippen LogP contribution < -0.4 is 0 Å². The maximum absolute atomic E-state index is 2.42. The number of rotatable bonds is 5. The van der Waals surface area contributed by atoms with E-state index in [9.17, 15) is 0 Å². The third kappa shape index (κ3) is 4.48. The smallest absolute Gasteiger partial charge is 0.0142 e. The first-order valence-electron chi connectivity index (χ1n) is 7.43. The Kier molecular flexibility index (Phi) is 5.91. The number of hydrogen-bond acceptors (Lipinski definition) is 0. The van der Waals surface area contributed by atoms with Crippen molar-refractivity contribution in [3.05, 3.63) is 34.9 Å². The zero-order valence-electron chi connectivity index (χ0n) is 13.0. The van der Waals surface area contributed by atoms with E-state index in [0.717, 1.165) is 6.42 Å². The van der Waals surface area contributed by atoms with Gasteiger partial charge in [-0.3, -0.25) is 0 Å². The lowest BCUT2D eigenvalue weighted by atomic mass is 9.71. The molecule has 0 aromatic rings. The zero-order chi connectivity index (χ0) is 13.6. The lowest BCUT2D eigenvalue weighted by Gasteiger charge is -2.34. The molecule has 0 fully saturated rings. The van der Waals surface area contributed by atoms with Gasteiger partial charge >= 0.3 is 0 Å². The van der Waals surface area contributed by atoms with Gasteiger partial charge in [0.25, 0.3) is 0 Å².